The Morgan fingerprint density at radius 3 is 2.36 bits per heavy atom. The molecular weight excluding hydrogens is 486 g/mol. The Morgan fingerprint density at radius 2 is 1.64 bits per heavy atom. The minimum atomic E-state index is 0.0825. The van der Waals surface area contributed by atoms with Crippen molar-refractivity contribution in [2.24, 2.45) is 0 Å². The van der Waals surface area contributed by atoms with Gasteiger partial charge >= 0.3 is 0 Å². The molecule has 1 saturated carbocycles. The highest BCUT2D eigenvalue weighted by atomic mass is 16.2. The third kappa shape index (κ3) is 5.71. The average molecular weight is 522 g/mol. The fraction of sp³-hybridized carbons (Fsp3) is 0.355. The number of benzene rings is 2. The number of para-hydroxylation sites is 1. The first-order valence-corrected chi connectivity index (χ1v) is 13.9. The molecule has 200 valence electrons. The average Bonchev–Trinajstić information content (AvgIpc) is 2.99. The number of pyridine rings is 1. The van der Waals surface area contributed by atoms with Gasteiger partial charge in [0.15, 0.2) is 0 Å². The number of nitrogens with zero attached hydrogens (tertiary/aromatic N) is 5. The standard InChI is InChI=1S/C31H35N7O/c1-22(39)38(28-13-9-26(10-14-28)35-31-34-21-25-4-2-3-5-29(25)36-31)27-11-6-23(7-12-27)24-8-15-30(33-20-24)37-18-16-32-17-19-37/h2-8,11-12,15,20-21,26,28,32H,9-10,13-14,16-19H2,1H3,(H,34,35,36). The van der Waals surface area contributed by atoms with Crippen molar-refractivity contribution in [1.82, 2.24) is 20.3 Å². The maximum atomic E-state index is 12.8. The molecule has 6 rings (SSSR count). The van der Waals surface area contributed by atoms with E-state index >= 15 is 0 Å². The summed E-state index contributed by atoms with van der Waals surface area (Å²) in [5, 5.41) is 7.93. The van der Waals surface area contributed by atoms with Crippen LogP contribution in [0.2, 0.25) is 0 Å². The minimum Gasteiger partial charge on any atom is -0.354 e. The van der Waals surface area contributed by atoms with E-state index in [1.165, 1.54) is 0 Å². The fourth-order valence-electron chi connectivity index (χ4n) is 5.80. The van der Waals surface area contributed by atoms with Gasteiger partial charge in [0.05, 0.1) is 5.52 Å². The molecule has 1 amide bonds. The van der Waals surface area contributed by atoms with Gasteiger partial charge in [0.25, 0.3) is 0 Å². The summed E-state index contributed by atoms with van der Waals surface area (Å²) in [6.45, 7) is 5.62. The summed E-state index contributed by atoms with van der Waals surface area (Å²) in [7, 11) is 0. The van der Waals surface area contributed by atoms with Crippen LogP contribution in [0.25, 0.3) is 22.0 Å². The van der Waals surface area contributed by atoms with Crippen molar-refractivity contribution in [3.8, 4) is 11.1 Å². The molecule has 0 atom stereocenters. The third-order valence-electron chi connectivity index (χ3n) is 7.89. The van der Waals surface area contributed by atoms with E-state index in [0.29, 0.717) is 12.0 Å². The van der Waals surface area contributed by atoms with Crippen molar-refractivity contribution >= 4 is 34.3 Å². The lowest BCUT2D eigenvalue weighted by Crippen LogP contribution is -2.43. The smallest absolute Gasteiger partial charge is 0.224 e. The normalized spacial score (nSPS) is 19.6. The molecule has 1 aliphatic heterocycles. The Labute approximate surface area is 229 Å². The van der Waals surface area contributed by atoms with Crippen LogP contribution in [-0.4, -0.2) is 59.1 Å². The number of carbonyl (C=O) groups excluding carboxylic acids is 1. The van der Waals surface area contributed by atoms with E-state index in [1.54, 1.807) is 6.92 Å². The quantitative estimate of drug-likeness (QED) is 0.374. The van der Waals surface area contributed by atoms with E-state index in [9.17, 15) is 4.79 Å². The summed E-state index contributed by atoms with van der Waals surface area (Å²) < 4.78 is 0. The Hall–Kier alpha value is -4.04. The number of nitrogens with one attached hydrogen (secondary N) is 2. The topological polar surface area (TPSA) is 86.3 Å². The number of amides is 1. The van der Waals surface area contributed by atoms with Gasteiger partial charge in [-0.25, -0.2) is 15.0 Å². The summed E-state index contributed by atoms with van der Waals surface area (Å²) >= 11 is 0. The Kier molecular flexibility index (Phi) is 7.36. The lowest BCUT2D eigenvalue weighted by molar-refractivity contribution is -0.117. The van der Waals surface area contributed by atoms with Crippen LogP contribution in [0.5, 0.6) is 0 Å². The molecule has 2 N–H and O–H groups in total. The molecule has 39 heavy (non-hydrogen) atoms. The first-order chi connectivity index (χ1) is 19.1. The van der Waals surface area contributed by atoms with Gasteiger partial charge in [-0.15, -0.1) is 0 Å². The van der Waals surface area contributed by atoms with Gasteiger partial charge in [0.2, 0.25) is 11.9 Å². The van der Waals surface area contributed by atoms with Crippen LogP contribution in [-0.2, 0) is 4.79 Å². The highest BCUT2D eigenvalue weighted by Gasteiger charge is 2.29. The van der Waals surface area contributed by atoms with Crippen LogP contribution in [0.3, 0.4) is 0 Å². The maximum Gasteiger partial charge on any atom is 0.224 e. The van der Waals surface area contributed by atoms with Crippen LogP contribution in [0.1, 0.15) is 32.6 Å². The molecule has 1 saturated heterocycles. The number of carbonyl (C=O) groups is 1. The minimum absolute atomic E-state index is 0.0825. The second-order valence-corrected chi connectivity index (χ2v) is 10.5. The zero-order chi connectivity index (χ0) is 26.6. The number of anilines is 3. The SMILES string of the molecule is CC(=O)N(c1ccc(-c2ccc(N3CCNCC3)nc2)cc1)C1CCC(Nc2ncc3ccccc3n2)CC1. The monoisotopic (exact) mass is 521 g/mol. The molecule has 2 aromatic carbocycles. The summed E-state index contributed by atoms with van der Waals surface area (Å²) in [5.41, 5.74) is 4.08. The van der Waals surface area contributed by atoms with Crippen LogP contribution in [0, 0.1) is 0 Å². The van der Waals surface area contributed by atoms with Crippen molar-refractivity contribution in [1.29, 1.82) is 0 Å². The molecule has 0 radical (unpaired) electrons. The Bertz CT molecular complexity index is 1410. The van der Waals surface area contributed by atoms with Crippen molar-refractivity contribution in [3.05, 3.63) is 73.1 Å². The number of hydrogen-bond donors (Lipinski definition) is 2. The van der Waals surface area contributed by atoms with E-state index in [-0.39, 0.29) is 11.9 Å². The van der Waals surface area contributed by atoms with E-state index in [1.807, 2.05) is 41.6 Å². The molecule has 2 aliphatic rings. The second-order valence-electron chi connectivity index (χ2n) is 10.5. The summed E-state index contributed by atoms with van der Waals surface area (Å²) in [6.07, 6.45) is 7.62. The molecular formula is C31H35N7O. The predicted molar refractivity (Wildman–Crippen MR) is 157 cm³/mol. The number of aromatic nitrogens is 3. The van der Waals surface area contributed by atoms with Crippen molar-refractivity contribution in [3.63, 3.8) is 0 Å². The van der Waals surface area contributed by atoms with Crippen LogP contribution in [0.15, 0.2) is 73.1 Å². The lowest BCUT2D eigenvalue weighted by atomic mass is 9.89. The van der Waals surface area contributed by atoms with Gasteiger partial charge in [-0.3, -0.25) is 4.79 Å². The van der Waals surface area contributed by atoms with Gasteiger partial charge in [0.1, 0.15) is 5.82 Å². The second kappa shape index (κ2) is 11.4. The molecule has 8 nitrogen and oxygen atoms in total. The number of hydrogen-bond acceptors (Lipinski definition) is 7. The highest BCUT2D eigenvalue weighted by molar-refractivity contribution is 5.92. The molecule has 8 heteroatoms. The highest BCUT2D eigenvalue weighted by Crippen LogP contribution is 2.31. The first kappa shape index (κ1) is 25.2. The molecule has 0 spiro atoms. The molecule has 0 bridgehead atoms. The van der Waals surface area contributed by atoms with Gasteiger partial charge in [-0.1, -0.05) is 30.3 Å². The number of piperazine rings is 1. The van der Waals surface area contributed by atoms with Crippen LogP contribution in [0.4, 0.5) is 17.5 Å². The summed E-state index contributed by atoms with van der Waals surface area (Å²) in [6, 6.07) is 21.1. The van der Waals surface area contributed by atoms with E-state index in [4.69, 9.17) is 4.98 Å². The first-order valence-electron chi connectivity index (χ1n) is 13.9. The molecule has 1 aliphatic carbocycles. The van der Waals surface area contributed by atoms with E-state index < -0.39 is 0 Å². The molecule has 4 aromatic rings. The Morgan fingerprint density at radius 1 is 0.897 bits per heavy atom. The zero-order valence-corrected chi connectivity index (χ0v) is 22.4. The maximum absolute atomic E-state index is 12.8. The molecule has 2 fully saturated rings. The van der Waals surface area contributed by atoms with Crippen molar-refractivity contribution in [2.75, 3.05) is 41.3 Å². The summed E-state index contributed by atoms with van der Waals surface area (Å²) in [4.78, 5) is 30.9. The number of fused-ring (bicyclic) bond motifs is 1. The Balaban J connectivity index is 1.09. The molecule has 2 aromatic heterocycles. The summed E-state index contributed by atoms with van der Waals surface area (Å²) in [5.74, 6) is 1.78. The van der Waals surface area contributed by atoms with Crippen LogP contribution >= 0.6 is 0 Å². The van der Waals surface area contributed by atoms with Crippen molar-refractivity contribution < 1.29 is 4.79 Å². The molecule has 0 unspecified atom stereocenters. The zero-order valence-electron chi connectivity index (χ0n) is 22.4. The molecule has 3 heterocycles. The predicted octanol–water partition coefficient (Wildman–Crippen LogP) is 4.88. The third-order valence-corrected chi connectivity index (χ3v) is 7.89. The van der Waals surface area contributed by atoms with Gasteiger partial charge in [0, 0.05) is 74.2 Å². The van der Waals surface area contributed by atoms with E-state index in [0.717, 1.165) is 85.4 Å². The van der Waals surface area contributed by atoms with Gasteiger partial charge < -0.3 is 20.4 Å². The lowest BCUT2D eigenvalue weighted by Gasteiger charge is -2.36. The number of rotatable bonds is 6. The fourth-order valence-corrected chi connectivity index (χ4v) is 5.80. The van der Waals surface area contributed by atoms with Crippen molar-refractivity contribution in [2.45, 2.75) is 44.7 Å². The van der Waals surface area contributed by atoms with Gasteiger partial charge in [-0.05, 0) is 61.6 Å². The van der Waals surface area contributed by atoms with E-state index in [2.05, 4.69) is 61.9 Å². The largest absolute Gasteiger partial charge is 0.354 e. The van der Waals surface area contributed by atoms with Gasteiger partial charge in [-0.2, -0.15) is 0 Å². The van der Waals surface area contributed by atoms with Crippen LogP contribution < -0.4 is 20.4 Å².